The van der Waals surface area contributed by atoms with Crippen molar-refractivity contribution < 1.29 is 9.53 Å². The third-order valence-electron chi connectivity index (χ3n) is 1.58. The van der Waals surface area contributed by atoms with Crippen LogP contribution < -0.4 is 5.73 Å². The van der Waals surface area contributed by atoms with E-state index < -0.39 is 5.97 Å². The van der Waals surface area contributed by atoms with Crippen LogP contribution in [0.2, 0.25) is 10.0 Å². The highest BCUT2D eigenvalue weighted by Gasteiger charge is 2.18. The molecule has 75 valence electrons. The predicted molar refractivity (Wildman–Crippen MR) is 55.0 cm³/mol. The molecular formula is C9H8Cl2NO2. The monoisotopic (exact) mass is 232 g/mol. The van der Waals surface area contributed by atoms with Gasteiger partial charge in [-0.15, -0.1) is 0 Å². The average Bonchev–Trinajstić information content (AvgIpc) is 2.14. The minimum Gasteiger partial charge on any atom is -0.467 e. The van der Waals surface area contributed by atoms with Gasteiger partial charge in [0.25, 0.3) is 0 Å². The molecule has 0 saturated heterocycles. The number of rotatable bonds is 2. The summed E-state index contributed by atoms with van der Waals surface area (Å²) in [6.45, 7) is 0. The van der Waals surface area contributed by atoms with Crippen LogP contribution in [0.4, 0.5) is 0 Å². The zero-order valence-electron chi connectivity index (χ0n) is 7.38. The van der Waals surface area contributed by atoms with Crippen LogP contribution in [-0.4, -0.2) is 13.1 Å². The van der Waals surface area contributed by atoms with Crippen LogP contribution in [-0.2, 0) is 9.53 Å². The average molecular weight is 233 g/mol. The Morgan fingerprint density at radius 1 is 1.29 bits per heavy atom. The van der Waals surface area contributed by atoms with Crippen LogP contribution in [0.5, 0.6) is 0 Å². The number of halogens is 2. The first-order valence-corrected chi connectivity index (χ1v) is 4.47. The molecule has 0 saturated carbocycles. The summed E-state index contributed by atoms with van der Waals surface area (Å²) in [5.74, 6) is -0.608. The highest BCUT2D eigenvalue weighted by Crippen LogP contribution is 2.22. The van der Waals surface area contributed by atoms with Gasteiger partial charge in [-0.25, -0.2) is 4.79 Å². The maximum Gasteiger partial charge on any atom is 0.333 e. The number of esters is 1. The first kappa shape index (κ1) is 11.3. The van der Waals surface area contributed by atoms with E-state index in [1.165, 1.54) is 7.11 Å². The van der Waals surface area contributed by atoms with Gasteiger partial charge in [0.1, 0.15) is 0 Å². The molecule has 0 aliphatic heterocycles. The van der Waals surface area contributed by atoms with Crippen LogP contribution in [0.15, 0.2) is 18.2 Å². The molecule has 3 nitrogen and oxygen atoms in total. The van der Waals surface area contributed by atoms with Crippen LogP contribution >= 0.6 is 23.2 Å². The number of hydrogen-bond acceptors (Lipinski definition) is 3. The fourth-order valence-corrected chi connectivity index (χ4v) is 1.46. The van der Waals surface area contributed by atoms with Gasteiger partial charge in [0, 0.05) is 10.0 Å². The van der Waals surface area contributed by atoms with E-state index in [0.717, 1.165) is 0 Å². The molecule has 0 unspecified atom stereocenters. The van der Waals surface area contributed by atoms with Crippen molar-refractivity contribution in [2.45, 2.75) is 0 Å². The molecule has 5 heteroatoms. The van der Waals surface area contributed by atoms with Gasteiger partial charge < -0.3 is 10.5 Å². The third kappa shape index (κ3) is 2.61. The highest BCUT2D eigenvalue weighted by atomic mass is 35.5. The number of methoxy groups -OCH3 is 1. The van der Waals surface area contributed by atoms with Crippen molar-refractivity contribution in [2.24, 2.45) is 5.73 Å². The summed E-state index contributed by atoms with van der Waals surface area (Å²) in [7, 11) is 1.25. The van der Waals surface area contributed by atoms with Gasteiger partial charge >= 0.3 is 5.97 Å². The van der Waals surface area contributed by atoms with E-state index in [1.807, 2.05) is 0 Å². The van der Waals surface area contributed by atoms with Crippen molar-refractivity contribution in [1.82, 2.24) is 0 Å². The van der Waals surface area contributed by atoms with E-state index in [-0.39, 0.29) is 6.04 Å². The smallest absolute Gasteiger partial charge is 0.333 e. The standard InChI is InChI=1S/C9H8Cl2NO2/c1-14-9(13)8(12)5-2-6(10)4-7(11)3-5/h2-4H,12H2,1H3. The third-order valence-corrected chi connectivity index (χ3v) is 2.02. The molecule has 0 spiro atoms. The number of hydrogen-bond donors (Lipinski definition) is 1. The zero-order valence-corrected chi connectivity index (χ0v) is 8.89. The quantitative estimate of drug-likeness (QED) is 0.795. The lowest BCUT2D eigenvalue weighted by Crippen LogP contribution is -2.23. The van der Waals surface area contributed by atoms with E-state index >= 15 is 0 Å². The molecule has 0 heterocycles. The molecular weight excluding hydrogens is 225 g/mol. The Kier molecular flexibility index (Phi) is 3.75. The Morgan fingerprint density at radius 3 is 2.21 bits per heavy atom. The Bertz CT molecular complexity index is 334. The van der Waals surface area contributed by atoms with Crippen LogP contribution in [0, 0.1) is 6.04 Å². The molecule has 0 amide bonds. The normalized spacial score (nSPS) is 10.4. The number of benzene rings is 1. The molecule has 1 radical (unpaired) electrons. The van der Waals surface area contributed by atoms with Gasteiger partial charge in [-0.05, 0) is 23.8 Å². The Morgan fingerprint density at radius 2 is 1.79 bits per heavy atom. The summed E-state index contributed by atoms with van der Waals surface area (Å²) in [5.41, 5.74) is 5.96. The molecule has 0 bridgehead atoms. The molecule has 1 aromatic carbocycles. The number of ether oxygens (including phenoxy) is 1. The molecule has 2 N–H and O–H groups in total. The number of carbonyl (C=O) groups excluding carboxylic acids is 1. The number of carbonyl (C=O) groups is 1. The Hall–Kier alpha value is -0.770. The van der Waals surface area contributed by atoms with Crippen molar-refractivity contribution in [2.75, 3.05) is 7.11 Å². The van der Waals surface area contributed by atoms with E-state index in [4.69, 9.17) is 28.9 Å². The predicted octanol–water partition coefficient (Wildman–Crippen LogP) is 2.01. The molecule has 0 aromatic heterocycles. The largest absolute Gasteiger partial charge is 0.467 e. The minimum atomic E-state index is -0.608. The minimum absolute atomic E-state index is 0.0168. The molecule has 1 rings (SSSR count). The zero-order chi connectivity index (χ0) is 10.7. The van der Waals surface area contributed by atoms with E-state index in [9.17, 15) is 4.79 Å². The van der Waals surface area contributed by atoms with Crippen molar-refractivity contribution in [3.8, 4) is 0 Å². The lowest BCUT2D eigenvalue weighted by Gasteiger charge is -2.08. The first-order chi connectivity index (χ1) is 6.54. The second-order valence-electron chi connectivity index (χ2n) is 2.56. The summed E-state index contributed by atoms with van der Waals surface area (Å²) in [6, 6.07) is 4.62. The number of nitrogens with two attached hydrogens (primary N) is 1. The van der Waals surface area contributed by atoms with Crippen molar-refractivity contribution in [3.05, 3.63) is 39.8 Å². The first-order valence-electron chi connectivity index (χ1n) is 3.72. The molecule has 0 aliphatic carbocycles. The molecule has 0 atom stereocenters. The second kappa shape index (κ2) is 4.64. The summed E-state index contributed by atoms with van der Waals surface area (Å²) < 4.78 is 4.46. The summed E-state index contributed by atoms with van der Waals surface area (Å²) in [4.78, 5) is 11.1. The lowest BCUT2D eigenvalue weighted by atomic mass is 10.1. The SMILES string of the molecule is COC(=O)[C](N)c1cc(Cl)cc(Cl)c1. The molecule has 1 aromatic rings. The summed E-state index contributed by atoms with van der Waals surface area (Å²) in [5, 5.41) is 0.832. The molecule has 14 heavy (non-hydrogen) atoms. The van der Waals surface area contributed by atoms with Crippen LogP contribution in [0.25, 0.3) is 0 Å². The highest BCUT2D eigenvalue weighted by molar-refractivity contribution is 6.34. The lowest BCUT2D eigenvalue weighted by molar-refractivity contribution is -0.137. The van der Waals surface area contributed by atoms with E-state index in [0.29, 0.717) is 15.6 Å². The van der Waals surface area contributed by atoms with Gasteiger partial charge in [-0.1, -0.05) is 23.2 Å². The van der Waals surface area contributed by atoms with E-state index in [1.54, 1.807) is 18.2 Å². The molecule has 0 aliphatic rings. The molecule has 0 fully saturated rings. The van der Waals surface area contributed by atoms with Crippen molar-refractivity contribution in [3.63, 3.8) is 0 Å². The summed E-state index contributed by atoms with van der Waals surface area (Å²) in [6.07, 6.45) is 0. The summed E-state index contributed by atoms with van der Waals surface area (Å²) >= 11 is 11.5. The van der Waals surface area contributed by atoms with Crippen LogP contribution in [0.1, 0.15) is 5.56 Å². The fraction of sp³-hybridized carbons (Fsp3) is 0.111. The maximum absolute atomic E-state index is 11.1. The Balaban J connectivity index is 3.00. The van der Waals surface area contributed by atoms with Gasteiger partial charge in [0.2, 0.25) is 0 Å². The van der Waals surface area contributed by atoms with Crippen molar-refractivity contribution in [1.29, 1.82) is 0 Å². The van der Waals surface area contributed by atoms with Gasteiger partial charge in [0.15, 0.2) is 6.04 Å². The van der Waals surface area contributed by atoms with Crippen LogP contribution in [0.3, 0.4) is 0 Å². The van der Waals surface area contributed by atoms with E-state index in [2.05, 4.69) is 4.74 Å². The fourth-order valence-electron chi connectivity index (χ4n) is 0.937. The van der Waals surface area contributed by atoms with Gasteiger partial charge in [-0.2, -0.15) is 0 Å². The van der Waals surface area contributed by atoms with Gasteiger partial charge in [-0.3, -0.25) is 0 Å². The second-order valence-corrected chi connectivity index (χ2v) is 3.44. The van der Waals surface area contributed by atoms with Gasteiger partial charge in [0.05, 0.1) is 7.11 Å². The Labute approximate surface area is 91.7 Å². The maximum atomic E-state index is 11.1. The topological polar surface area (TPSA) is 52.3 Å². The van der Waals surface area contributed by atoms with Crippen molar-refractivity contribution >= 4 is 29.2 Å².